The summed E-state index contributed by atoms with van der Waals surface area (Å²) < 4.78 is 5.29. The molecule has 0 amide bonds. The summed E-state index contributed by atoms with van der Waals surface area (Å²) in [6.07, 6.45) is 2.60. The second kappa shape index (κ2) is 5.53. The highest BCUT2D eigenvalue weighted by atomic mass is 16.4. The molecular formula is C19H17NO2. The van der Waals surface area contributed by atoms with Crippen molar-refractivity contribution < 1.29 is 4.42 Å². The van der Waals surface area contributed by atoms with Crippen molar-refractivity contribution in [3.63, 3.8) is 0 Å². The first-order valence-electron chi connectivity index (χ1n) is 7.11. The standard InChI is InChI=1S/C19H17NO2/c1-3-13-4-6-14(7-5-13)10-15-8-9-16-12(2)18(20)19(21)22-17(16)11-15/h3-9,11H,1,10,20H2,2H3. The predicted octanol–water partition coefficient (Wildman–Crippen LogP) is 3.92. The average molecular weight is 291 g/mol. The van der Waals surface area contributed by atoms with Gasteiger partial charge in [-0.25, -0.2) is 4.79 Å². The number of rotatable bonds is 3. The minimum atomic E-state index is -0.475. The number of benzene rings is 2. The Morgan fingerprint density at radius 1 is 1.14 bits per heavy atom. The van der Waals surface area contributed by atoms with Crippen LogP contribution in [-0.2, 0) is 6.42 Å². The van der Waals surface area contributed by atoms with Crippen LogP contribution in [-0.4, -0.2) is 0 Å². The van der Waals surface area contributed by atoms with Crippen LogP contribution in [0.2, 0.25) is 0 Å². The van der Waals surface area contributed by atoms with Gasteiger partial charge in [-0.1, -0.05) is 49.1 Å². The molecule has 0 unspecified atom stereocenters. The third-order valence-electron chi connectivity index (χ3n) is 3.90. The molecule has 0 atom stereocenters. The van der Waals surface area contributed by atoms with E-state index in [-0.39, 0.29) is 5.69 Å². The zero-order valence-electron chi connectivity index (χ0n) is 12.4. The van der Waals surface area contributed by atoms with Gasteiger partial charge in [0.2, 0.25) is 0 Å². The molecule has 0 fully saturated rings. The molecule has 2 N–H and O–H groups in total. The zero-order valence-corrected chi connectivity index (χ0v) is 12.4. The van der Waals surface area contributed by atoms with Crippen molar-refractivity contribution in [3.05, 3.63) is 81.7 Å². The van der Waals surface area contributed by atoms with Crippen molar-refractivity contribution in [3.8, 4) is 0 Å². The van der Waals surface area contributed by atoms with E-state index in [1.54, 1.807) is 0 Å². The molecule has 1 aromatic heterocycles. The van der Waals surface area contributed by atoms with Crippen molar-refractivity contribution in [2.24, 2.45) is 0 Å². The van der Waals surface area contributed by atoms with Crippen LogP contribution >= 0.6 is 0 Å². The van der Waals surface area contributed by atoms with Gasteiger partial charge >= 0.3 is 5.63 Å². The molecule has 110 valence electrons. The van der Waals surface area contributed by atoms with Gasteiger partial charge in [-0.2, -0.15) is 0 Å². The van der Waals surface area contributed by atoms with E-state index in [1.807, 2.05) is 43.3 Å². The molecule has 0 spiro atoms. The first-order valence-corrected chi connectivity index (χ1v) is 7.11. The molecule has 0 saturated carbocycles. The van der Waals surface area contributed by atoms with Crippen LogP contribution in [0.25, 0.3) is 17.0 Å². The molecule has 0 aliphatic carbocycles. The normalized spacial score (nSPS) is 10.8. The van der Waals surface area contributed by atoms with Gasteiger partial charge < -0.3 is 10.2 Å². The molecule has 0 aliphatic rings. The summed E-state index contributed by atoms with van der Waals surface area (Å²) in [5, 5.41) is 0.878. The molecule has 3 rings (SSSR count). The molecule has 22 heavy (non-hydrogen) atoms. The van der Waals surface area contributed by atoms with Gasteiger partial charge in [0.15, 0.2) is 0 Å². The smallest absolute Gasteiger partial charge is 0.359 e. The predicted molar refractivity (Wildman–Crippen MR) is 91.0 cm³/mol. The Labute approximate surface area is 128 Å². The van der Waals surface area contributed by atoms with Crippen LogP contribution in [0, 0.1) is 6.92 Å². The highest BCUT2D eigenvalue weighted by molar-refractivity contribution is 5.84. The Morgan fingerprint density at radius 2 is 1.82 bits per heavy atom. The molecule has 0 aliphatic heterocycles. The van der Waals surface area contributed by atoms with E-state index in [4.69, 9.17) is 10.2 Å². The third-order valence-corrected chi connectivity index (χ3v) is 3.90. The van der Waals surface area contributed by atoms with Gasteiger partial charge in [-0.3, -0.25) is 0 Å². The molecule has 3 aromatic rings. The van der Waals surface area contributed by atoms with E-state index in [2.05, 4.69) is 18.7 Å². The van der Waals surface area contributed by atoms with Crippen molar-refractivity contribution in [1.82, 2.24) is 0 Å². The summed E-state index contributed by atoms with van der Waals surface area (Å²) in [5.74, 6) is 0. The average Bonchev–Trinajstić information content (AvgIpc) is 2.53. The summed E-state index contributed by atoms with van der Waals surface area (Å²) >= 11 is 0. The van der Waals surface area contributed by atoms with Crippen LogP contribution < -0.4 is 11.4 Å². The lowest BCUT2D eigenvalue weighted by Gasteiger charge is -2.07. The van der Waals surface area contributed by atoms with Crippen molar-refractivity contribution in [2.75, 3.05) is 5.73 Å². The van der Waals surface area contributed by atoms with Crippen LogP contribution in [0.3, 0.4) is 0 Å². The number of fused-ring (bicyclic) bond motifs is 1. The van der Waals surface area contributed by atoms with Crippen molar-refractivity contribution >= 4 is 22.7 Å². The summed E-state index contributed by atoms with van der Waals surface area (Å²) in [7, 11) is 0. The van der Waals surface area contributed by atoms with Gasteiger partial charge in [0.05, 0.1) is 0 Å². The number of hydrogen-bond donors (Lipinski definition) is 1. The molecule has 3 nitrogen and oxygen atoms in total. The lowest BCUT2D eigenvalue weighted by molar-refractivity contribution is 0.563. The van der Waals surface area contributed by atoms with E-state index in [0.29, 0.717) is 5.58 Å². The molecular weight excluding hydrogens is 274 g/mol. The molecule has 3 heteroatoms. The van der Waals surface area contributed by atoms with E-state index in [1.165, 1.54) is 5.56 Å². The minimum absolute atomic E-state index is 0.181. The lowest BCUT2D eigenvalue weighted by atomic mass is 10.0. The fraction of sp³-hybridized carbons (Fsp3) is 0.105. The molecule has 1 heterocycles. The Balaban J connectivity index is 1.99. The maximum Gasteiger partial charge on any atom is 0.359 e. The van der Waals surface area contributed by atoms with Crippen molar-refractivity contribution in [1.29, 1.82) is 0 Å². The van der Waals surface area contributed by atoms with Gasteiger partial charge in [0.25, 0.3) is 0 Å². The van der Waals surface area contributed by atoms with E-state index in [0.717, 1.165) is 28.5 Å². The highest BCUT2D eigenvalue weighted by Crippen LogP contribution is 2.23. The van der Waals surface area contributed by atoms with Crippen LogP contribution in [0.5, 0.6) is 0 Å². The summed E-state index contributed by atoms with van der Waals surface area (Å²) in [6, 6.07) is 14.1. The molecule has 0 radical (unpaired) electrons. The first kappa shape index (κ1) is 14.1. The molecule has 2 aromatic carbocycles. The second-order valence-corrected chi connectivity index (χ2v) is 5.38. The first-order chi connectivity index (χ1) is 10.6. The lowest BCUT2D eigenvalue weighted by Crippen LogP contribution is -2.08. The van der Waals surface area contributed by atoms with E-state index < -0.39 is 5.63 Å². The number of aryl methyl sites for hydroxylation is 1. The maximum atomic E-state index is 11.7. The fourth-order valence-electron chi connectivity index (χ4n) is 2.53. The summed E-state index contributed by atoms with van der Waals surface area (Å²) in [5.41, 5.74) is 10.2. The monoisotopic (exact) mass is 291 g/mol. The number of nitrogen functional groups attached to an aromatic ring is 1. The van der Waals surface area contributed by atoms with Gasteiger partial charge in [0.1, 0.15) is 11.3 Å². The molecule has 0 bridgehead atoms. The fourth-order valence-corrected chi connectivity index (χ4v) is 2.53. The van der Waals surface area contributed by atoms with Crippen LogP contribution in [0.15, 0.2) is 58.3 Å². The zero-order chi connectivity index (χ0) is 15.7. The Morgan fingerprint density at radius 3 is 2.50 bits per heavy atom. The van der Waals surface area contributed by atoms with Gasteiger partial charge in [0, 0.05) is 5.39 Å². The number of nitrogens with two attached hydrogens (primary N) is 1. The maximum absolute atomic E-state index is 11.7. The second-order valence-electron chi connectivity index (χ2n) is 5.38. The van der Waals surface area contributed by atoms with E-state index in [9.17, 15) is 4.79 Å². The summed E-state index contributed by atoms with van der Waals surface area (Å²) in [4.78, 5) is 11.7. The Hall–Kier alpha value is -2.81. The third kappa shape index (κ3) is 2.53. The highest BCUT2D eigenvalue weighted by Gasteiger charge is 2.08. The Kier molecular flexibility index (Phi) is 3.55. The largest absolute Gasteiger partial charge is 0.421 e. The van der Waals surface area contributed by atoms with Crippen LogP contribution in [0.4, 0.5) is 5.69 Å². The van der Waals surface area contributed by atoms with Gasteiger partial charge in [-0.05, 0) is 41.7 Å². The SMILES string of the molecule is C=Cc1ccc(Cc2ccc3c(C)c(N)c(=O)oc3c2)cc1. The van der Waals surface area contributed by atoms with Gasteiger partial charge in [-0.15, -0.1) is 0 Å². The molecule has 0 saturated heterocycles. The topological polar surface area (TPSA) is 56.2 Å². The van der Waals surface area contributed by atoms with E-state index >= 15 is 0 Å². The number of anilines is 1. The van der Waals surface area contributed by atoms with Crippen LogP contribution in [0.1, 0.15) is 22.3 Å². The minimum Gasteiger partial charge on any atom is -0.421 e. The number of hydrogen-bond acceptors (Lipinski definition) is 3. The Bertz CT molecular complexity index is 905. The van der Waals surface area contributed by atoms with Crippen molar-refractivity contribution in [2.45, 2.75) is 13.3 Å². The quantitative estimate of drug-likeness (QED) is 0.744. The summed E-state index contributed by atoms with van der Waals surface area (Å²) in [6.45, 7) is 5.59.